The van der Waals surface area contributed by atoms with Gasteiger partial charge in [0.15, 0.2) is 0 Å². The molecule has 0 saturated heterocycles. The van der Waals surface area contributed by atoms with Crippen LogP contribution in [0.15, 0.2) is 29.5 Å². The average molecular weight is 178 g/mol. The lowest BCUT2D eigenvalue weighted by Gasteiger charge is -2.06. The summed E-state index contributed by atoms with van der Waals surface area (Å²) >= 11 is 4.56. The lowest BCUT2D eigenvalue weighted by molar-refractivity contribution is 0.703. The molecule has 12 heavy (non-hydrogen) atoms. The van der Waals surface area contributed by atoms with Gasteiger partial charge in [-0.3, -0.25) is 4.98 Å². The van der Waals surface area contributed by atoms with E-state index in [0.29, 0.717) is 0 Å². The summed E-state index contributed by atoms with van der Waals surface area (Å²) in [4.78, 5) is 8.05. The highest BCUT2D eigenvalue weighted by atomic mass is 32.1. The van der Waals surface area contributed by atoms with Crippen LogP contribution in [0.1, 0.15) is 24.9 Å². The molecule has 2 nitrogen and oxygen atoms in total. The predicted octanol–water partition coefficient (Wildman–Crippen LogP) is 2.64. The van der Waals surface area contributed by atoms with Crippen LogP contribution in [0.5, 0.6) is 0 Å². The van der Waals surface area contributed by atoms with Crippen LogP contribution < -0.4 is 0 Å². The molecule has 0 aliphatic heterocycles. The van der Waals surface area contributed by atoms with Gasteiger partial charge in [-0.15, -0.1) is 0 Å². The van der Waals surface area contributed by atoms with Crippen LogP contribution in [0.4, 0.5) is 0 Å². The smallest absolute Gasteiger partial charge is 0.0864 e. The summed E-state index contributed by atoms with van der Waals surface area (Å²) in [5, 5.41) is 2.40. The number of isothiocyanates is 1. The maximum Gasteiger partial charge on any atom is 0.0864 e. The van der Waals surface area contributed by atoms with Crippen molar-refractivity contribution in [2.75, 3.05) is 0 Å². The predicted molar refractivity (Wildman–Crippen MR) is 52.3 cm³/mol. The molecular weight excluding hydrogens is 168 g/mol. The molecule has 3 heteroatoms. The Bertz CT molecular complexity index is 278. The minimum atomic E-state index is 0.121. The van der Waals surface area contributed by atoms with Gasteiger partial charge in [0.1, 0.15) is 0 Å². The number of rotatable bonds is 3. The standard InChI is InChI=1S/C9H10N2S/c1-2-9(11-7-12)8-4-3-5-10-6-8/h3-6,9H,2H2,1H3. The van der Waals surface area contributed by atoms with Crippen LogP contribution in [0.3, 0.4) is 0 Å². The first kappa shape index (κ1) is 9.04. The summed E-state index contributed by atoms with van der Waals surface area (Å²) in [7, 11) is 0. The molecule has 0 bridgehead atoms. The normalized spacial score (nSPS) is 11.8. The summed E-state index contributed by atoms with van der Waals surface area (Å²) in [5.41, 5.74) is 1.09. The van der Waals surface area contributed by atoms with Gasteiger partial charge in [-0.2, -0.15) is 0 Å². The zero-order chi connectivity index (χ0) is 8.81. The second-order valence-corrected chi connectivity index (χ2v) is 2.61. The molecule has 0 aliphatic carbocycles. The Morgan fingerprint density at radius 3 is 3.08 bits per heavy atom. The van der Waals surface area contributed by atoms with Gasteiger partial charge >= 0.3 is 0 Å². The fourth-order valence-electron chi connectivity index (χ4n) is 1.04. The van der Waals surface area contributed by atoms with Crippen LogP contribution in [0.2, 0.25) is 0 Å². The fraction of sp³-hybridized carbons (Fsp3) is 0.333. The number of thiocarbonyl (C=S) groups is 1. The molecule has 0 N–H and O–H groups in total. The SMILES string of the molecule is CCC(N=C=S)c1cccnc1. The van der Waals surface area contributed by atoms with Crippen molar-refractivity contribution in [3.63, 3.8) is 0 Å². The summed E-state index contributed by atoms with van der Waals surface area (Å²) in [5.74, 6) is 0. The fourth-order valence-corrected chi connectivity index (χ4v) is 1.17. The molecule has 0 aromatic carbocycles. The molecule has 0 spiro atoms. The molecule has 1 heterocycles. The third-order valence-electron chi connectivity index (χ3n) is 1.66. The van der Waals surface area contributed by atoms with Gasteiger partial charge < -0.3 is 0 Å². The molecule has 0 radical (unpaired) electrons. The number of aromatic nitrogens is 1. The van der Waals surface area contributed by atoms with Gasteiger partial charge in [-0.1, -0.05) is 13.0 Å². The molecule has 1 atom stereocenters. The molecule has 0 amide bonds. The van der Waals surface area contributed by atoms with Gasteiger partial charge in [0.2, 0.25) is 0 Å². The Balaban J connectivity index is 2.87. The van der Waals surface area contributed by atoms with Gasteiger partial charge in [0.05, 0.1) is 11.2 Å². The van der Waals surface area contributed by atoms with E-state index in [1.165, 1.54) is 0 Å². The van der Waals surface area contributed by atoms with Gasteiger partial charge in [0, 0.05) is 12.4 Å². The molecule has 1 rings (SSSR count). The van der Waals surface area contributed by atoms with Crippen LogP contribution >= 0.6 is 12.2 Å². The molecule has 1 aromatic heterocycles. The van der Waals surface area contributed by atoms with E-state index >= 15 is 0 Å². The van der Waals surface area contributed by atoms with Crippen LogP contribution in [0, 0.1) is 0 Å². The Hall–Kier alpha value is -1.05. The van der Waals surface area contributed by atoms with Crippen molar-refractivity contribution in [2.45, 2.75) is 19.4 Å². The third kappa shape index (κ3) is 2.22. The van der Waals surface area contributed by atoms with Crippen molar-refractivity contribution in [3.05, 3.63) is 30.1 Å². The Labute approximate surface area is 77.4 Å². The maximum absolute atomic E-state index is 4.56. The number of aliphatic imine (C=N–C) groups is 1. The van der Waals surface area contributed by atoms with E-state index in [2.05, 4.69) is 34.3 Å². The van der Waals surface area contributed by atoms with E-state index < -0.39 is 0 Å². The largest absolute Gasteiger partial charge is 0.264 e. The Morgan fingerprint density at radius 1 is 1.75 bits per heavy atom. The number of hydrogen-bond acceptors (Lipinski definition) is 3. The molecular formula is C9H10N2S. The molecule has 0 fully saturated rings. The second kappa shape index (κ2) is 4.75. The van der Waals surface area contributed by atoms with Crippen molar-refractivity contribution >= 4 is 17.4 Å². The van der Waals surface area contributed by atoms with E-state index in [1.807, 2.05) is 18.3 Å². The number of nitrogens with zero attached hydrogens (tertiary/aromatic N) is 2. The summed E-state index contributed by atoms with van der Waals surface area (Å²) < 4.78 is 0. The van der Waals surface area contributed by atoms with E-state index in [1.54, 1.807) is 6.20 Å². The van der Waals surface area contributed by atoms with E-state index in [4.69, 9.17) is 0 Å². The minimum absolute atomic E-state index is 0.121. The number of hydrogen-bond donors (Lipinski definition) is 0. The first-order valence-corrected chi connectivity index (χ1v) is 4.26. The Morgan fingerprint density at radius 2 is 2.58 bits per heavy atom. The minimum Gasteiger partial charge on any atom is -0.264 e. The van der Waals surface area contributed by atoms with Crippen LogP contribution in [0.25, 0.3) is 0 Å². The van der Waals surface area contributed by atoms with Gasteiger partial charge in [-0.05, 0) is 30.3 Å². The molecule has 1 aromatic rings. The molecule has 62 valence electrons. The quantitative estimate of drug-likeness (QED) is 0.525. The maximum atomic E-state index is 4.56. The van der Waals surface area contributed by atoms with Crippen molar-refractivity contribution in [1.29, 1.82) is 0 Å². The van der Waals surface area contributed by atoms with Crippen molar-refractivity contribution < 1.29 is 0 Å². The summed E-state index contributed by atoms with van der Waals surface area (Å²) in [6.07, 6.45) is 4.48. The highest BCUT2D eigenvalue weighted by Crippen LogP contribution is 2.18. The molecule has 0 aliphatic rings. The summed E-state index contributed by atoms with van der Waals surface area (Å²) in [6, 6.07) is 4.02. The number of pyridine rings is 1. The topological polar surface area (TPSA) is 25.2 Å². The van der Waals surface area contributed by atoms with E-state index in [0.717, 1.165) is 12.0 Å². The monoisotopic (exact) mass is 178 g/mol. The van der Waals surface area contributed by atoms with Crippen molar-refractivity contribution in [3.8, 4) is 0 Å². The second-order valence-electron chi connectivity index (χ2n) is 2.43. The first-order valence-electron chi connectivity index (χ1n) is 3.85. The molecule has 1 unspecified atom stereocenters. The highest BCUT2D eigenvalue weighted by Gasteiger charge is 2.05. The van der Waals surface area contributed by atoms with Gasteiger partial charge in [-0.25, -0.2) is 4.99 Å². The first-order chi connectivity index (χ1) is 5.88. The summed E-state index contributed by atoms with van der Waals surface area (Å²) in [6.45, 7) is 2.06. The van der Waals surface area contributed by atoms with Crippen molar-refractivity contribution in [2.24, 2.45) is 4.99 Å². The van der Waals surface area contributed by atoms with Gasteiger partial charge in [0.25, 0.3) is 0 Å². The highest BCUT2D eigenvalue weighted by molar-refractivity contribution is 7.78. The van der Waals surface area contributed by atoms with Crippen LogP contribution in [-0.4, -0.2) is 10.1 Å². The zero-order valence-corrected chi connectivity index (χ0v) is 7.71. The van der Waals surface area contributed by atoms with Crippen LogP contribution in [-0.2, 0) is 0 Å². The van der Waals surface area contributed by atoms with E-state index in [9.17, 15) is 0 Å². The van der Waals surface area contributed by atoms with Crippen molar-refractivity contribution in [1.82, 2.24) is 4.98 Å². The zero-order valence-electron chi connectivity index (χ0n) is 6.90. The molecule has 0 saturated carbocycles. The lowest BCUT2D eigenvalue weighted by Crippen LogP contribution is -1.92. The Kier molecular flexibility index (Phi) is 3.58. The third-order valence-corrected chi connectivity index (χ3v) is 1.77. The lowest BCUT2D eigenvalue weighted by atomic mass is 10.1. The average Bonchev–Trinajstić information content (AvgIpc) is 2.15. The van der Waals surface area contributed by atoms with E-state index in [-0.39, 0.29) is 6.04 Å².